The first-order chi connectivity index (χ1) is 10.6. The van der Waals surface area contributed by atoms with Gasteiger partial charge in [-0.25, -0.2) is 4.79 Å². The van der Waals surface area contributed by atoms with Gasteiger partial charge in [0.1, 0.15) is 0 Å². The van der Waals surface area contributed by atoms with Crippen LogP contribution in [0.25, 0.3) is 0 Å². The maximum Gasteiger partial charge on any atom is 0.317 e. The highest BCUT2D eigenvalue weighted by Crippen LogP contribution is 2.27. The summed E-state index contributed by atoms with van der Waals surface area (Å²) in [4.78, 5) is 16.5. The van der Waals surface area contributed by atoms with E-state index in [4.69, 9.17) is 0 Å². The largest absolute Gasteiger partial charge is 0.373 e. The van der Waals surface area contributed by atoms with Crippen molar-refractivity contribution < 1.29 is 4.79 Å². The molecule has 0 saturated heterocycles. The molecule has 0 aromatic heterocycles. The molecular formula is C18H29N3O. The number of rotatable bonds is 8. The summed E-state index contributed by atoms with van der Waals surface area (Å²) >= 11 is 0. The van der Waals surface area contributed by atoms with Crippen molar-refractivity contribution in [2.24, 2.45) is 5.92 Å². The van der Waals surface area contributed by atoms with Gasteiger partial charge in [-0.05, 0) is 37.3 Å². The Morgan fingerprint density at radius 2 is 1.91 bits per heavy atom. The van der Waals surface area contributed by atoms with Crippen LogP contribution in [-0.2, 0) is 0 Å². The van der Waals surface area contributed by atoms with Crippen LogP contribution in [0.5, 0.6) is 0 Å². The zero-order valence-corrected chi connectivity index (χ0v) is 14.1. The lowest BCUT2D eigenvalue weighted by Crippen LogP contribution is -2.44. The van der Waals surface area contributed by atoms with Gasteiger partial charge >= 0.3 is 6.03 Å². The minimum atomic E-state index is 0.101. The lowest BCUT2D eigenvalue weighted by molar-refractivity contribution is 0.192. The number of urea groups is 1. The fraction of sp³-hybridized carbons (Fsp3) is 0.611. The Balaban J connectivity index is 1.73. The summed E-state index contributed by atoms with van der Waals surface area (Å²) in [7, 11) is 2.05. The Hall–Kier alpha value is -1.71. The number of hydrogen-bond acceptors (Lipinski definition) is 2. The number of hydrogen-bond donors (Lipinski definition) is 1. The number of nitrogens with one attached hydrogen (secondary N) is 1. The van der Waals surface area contributed by atoms with Crippen LogP contribution in [0.3, 0.4) is 0 Å². The Morgan fingerprint density at radius 1 is 1.23 bits per heavy atom. The molecule has 0 unspecified atom stereocenters. The van der Waals surface area contributed by atoms with E-state index in [0.717, 1.165) is 32.4 Å². The standard InChI is InChI=1S/C18H29N3O/c1-15(2)11-13-21(17-9-10-17)18(22)19-12-14-20(3)16-7-5-4-6-8-16/h4-8,15,17H,9-14H2,1-3H3,(H,19,22). The lowest BCUT2D eigenvalue weighted by Gasteiger charge is -2.25. The highest BCUT2D eigenvalue weighted by molar-refractivity contribution is 5.75. The van der Waals surface area contributed by atoms with Crippen LogP contribution in [0.2, 0.25) is 0 Å². The third-order valence-corrected chi connectivity index (χ3v) is 4.12. The van der Waals surface area contributed by atoms with Crippen molar-refractivity contribution in [3.63, 3.8) is 0 Å². The van der Waals surface area contributed by atoms with Crippen molar-refractivity contribution in [1.29, 1.82) is 0 Å². The predicted molar refractivity (Wildman–Crippen MR) is 92.3 cm³/mol. The molecule has 1 saturated carbocycles. The molecule has 4 nitrogen and oxygen atoms in total. The van der Waals surface area contributed by atoms with Gasteiger partial charge in [0, 0.05) is 38.4 Å². The molecule has 2 amide bonds. The fourth-order valence-electron chi connectivity index (χ4n) is 2.48. The predicted octanol–water partition coefficient (Wildman–Crippen LogP) is 3.34. The Bertz CT molecular complexity index is 457. The molecule has 1 fully saturated rings. The number of benzene rings is 1. The number of amides is 2. The summed E-state index contributed by atoms with van der Waals surface area (Å²) in [6.07, 6.45) is 3.40. The smallest absolute Gasteiger partial charge is 0.317 e. The van der Waals surface area contributed by atoms with Crippen LogP contribution in [0.1, 0.15) is 33.1 Å². The third-order valence-electron chi connectivity index (χ3n) is 4.12. The molecule has 1 aromatic rings. The molecule has 2 rings (SSSR count). The number of carbonyl (C=O) groups excluding carboxylic acids is 1. The second-order valence-electron chi connectivity index (χ2n) is 6.60. The minimum absolute atomic E-state index is 0.101. The third kappa shape index (κ3) is 5.24. The molecule has 22 heavy (non-hydrogen) atoms. The first-order valence-electron chi connectivity index (χ1n) is 8.38. The van der Waals surface area contributed by atoms with Crippen molar-refractivity contribution >= 4 is 11.7 Å². The van der Waals surface area contributed by atoms with Gasteiger partial charge in [-0.15, -0.1) is 0 Å². The van der Waals surface area contributed by atoms with Gasteiger partial charge in [-0.2, -0.15) is 0 Å². The number of carbonyl (C=O) groups is 1. The highest BCUT2D eigenvalue weighted by atomic mass is 16.2. The molecule has 0 heterocycles. The van der Waals surface area contributed by atoms with Crippen LogP contribution >= 0.6 is 0 Å². The van der Waals surface area contributed by atoms with Gasteiger partial charge < -0.3 is 15.1 Å². The van der Waals surface area contributed by atoms with Gasteiger partial charge in [-0.3, -0.25) is 0 Å². The maximum atomic E-state index is 12.4. The molecule has 1 aliphatic carbocycles. The summed E-state index contributed by atoms with van der Waals surface area (Å²) in [5, 5.41) is 3.07. The van der Waals surface area contributed by atoms with Crippen LogP contribution in [0, 0.1) is 5.92 Å². The summed E-state index contributed by atoms with van der Waals surface area (Å²) in [6.45, 7) is 6.78. The van der Waals surface area contributed by atoms with Crippen molar-refractivity contribution in [3.05, 3.63) is 30.3 Å². The summed E-state index contributed by atoms with van der Waals surface area (Å²) in [5.74, 6) is 0.637. The Labute approximate surface area is 134 Å². The summed E-state index contributed by atoms with van der Waals surface area (Å²) in [6, 6.07) is 10.8. The molecule has 4 heteroatoms. The van der Waals surface area contributed by atoms with Crippen LogP contribution in [0.15, 0.2) is 30.3 Å². The van der Waals surface area contributed by atoms with Gasteiger partial charge in [0.25, 0.3) is 0 Å². The molecular weight excluding hydrogens is 274 g/mol. The van der Waals surface area contributed by atoms with E-state index in [1.165, 1.54) is 5.69 Å². The van der Waals surface area contributed by atoms with E-state index >= 15 is 0 Å². The van der Waals surface area contributed by atoms with Gasteiger partial charge in [0.05, 0.1) is 0 Å². The van der Waals surface area contributed by atoms with E-state index in [1.807, 2.05) is 23.1 Å². The lowest BCUT2D eigenvalue weighted by atomic mass is 10.1. The van der Waals surface area contributed by atoms with E-state index in [0.29, 0.717) is 18.5 Å². The first kappa shape index (κ1) is 16.7. The second-order valence-corrected chi connectivity index (χ2v) is 6.60. The van der Waals surface area contributed by atoms with Gasteiger partial charge in [0.2, 0.25) is 0 Å². The minimum Gasteiger partial charge on any atom is -0.373 e. The monoisotopic (exact) mass is 303 g/mol. The molecule has 1 aliphatic rings. The van der Waals surface area contributed by atoms with E-state index in [9.17, 15) is 4.79 Å². The normalized spacial score (nSPS) is 14.0. The van der Waals surface area contributed by atoms with Crippen molar-refractivity contribution in [1.82, 2.24) is 10.2 Å². The Morgan fingerprint density at radius 3 is 2.50 bits per heavy atom. The molecule has 0 radical (unpaired) electrons. The number of para-hydroxylation sites is 1. The number of anilines is 1. The highest BCUT2D eigenvalue weighted by Gasteiger charge is 2.32. The zero-order chi connectivity index (χ0) is 15.9. The van der Waals surface area contributed by atoms with Gasteiger partial charge in [-0.1, -0.05) is 32.0 Å². The first-order valence-corrected chi connectivity index (χ1v) is 8.38. The SMILES string of the molecule is CC(C)CCN(C(=O)NCCN(C)c1ccccc1)C1CC1. The zero-order valence-electron chi connectivity index (χ0n) is 14.1. The molecule has 0 bridgehead atoms. The van der Waals surface area contributed by atoms with Crippen LogP contribution in [-0.4, -0.2) is 43.7 Å². The number of nitrogens with zero attached hydrogens (tertiary/aromatic N) is 2. The number of likely N-dealkylation sites (N-methyl/N-ethyl adjacent to an activating group) is 1. The summed E-state index contributed by atoms with van der Waals surface area (Å²) in [5.41, 5.74) is 1.18. The van der Waals surface area contributed by atoms with Crippen LogP contribution < -0.4 is 10.2 Å². The topological polar surface area (TPSA) is 35.6 Å². The van der Waals surface area contributed by atoms with E-state index in [2.05, 4.69) is 43.2 Å². The van der Waals surface area contributed by atoms with E-state index in [-0.39, 0.29) is 6.03 Å². The van der Waals surface area contributed by atoms with E-state index in [1.54, 1.807) is 0 Å². The maximum absolute atomic E-state index is 12.4. The van der Waals surface area contributed by atoms with Crippen molar-refractivity contribution in [2.45, 2.75) is 39.2 Å². The van der Waals surface area contributed by atoms with Gasteiger partial charge in [0.15, 0.2) is 0 Å². The van der Waals surface area contributed by atoms with E-state index < -0.39 is 0 Å². The molecule has 0 aliphatic heterocycles. The van der Waals surface area contributed by atoms with Crippen molar-refractivity contribution in [2.75, 3.05) is 31.6 Å². The average Bonchev–Trinajstić information content (AvgIpc) is 3.32. The fourth-order valence-corrected chi connectivity index (χ4v) is 2.48. The molecule has 122 valence electrons. The second kappa shape index (κ2) is 8.06. The van der Waals surface area contributed by atoms with Crippen molar-refractivity contribution in [3.8, 4) is 0 Å². The Kier molecular flexibility index (Phi) is 6.10. The average molecular weight is 303 g/mol. The quantitative estimate of drug-likeness (QED) is 0.799. The molecule has 1 N–H and O–H groups in total. The summed E-state index contributed by atoms with van der Waals surface area (Å²) < 4.78 is 0. The molecule has 1 aromatic carbocycles. The molecule has 0 spiro atoms. The molecule has 0 atom stereocenters. The van der Waals surface area contributed by atoms with Crippen LogP contribution in [0.4, 0.5) is 10.5 Å².